The molecule has 148 valence electrons. The summed E-state index contributed by atoms with van der Waals surface area (Å²) in [6.45, 7) is 7.90. The summed E-state index contributed by atoms with van der Waals surface area (Å²) in [5, 5.41) is 10.4. The zero-order valence-electron chi connectivity index (χ0n) is 17.1. The Morgan fingerprint density at radius 1 is 1.07 bits per heavy atom. The first-order valence-electron chi connectivity index (χ1n) is 10.4. The zero-order valence-corrected chi connectivity index (χ0v) is 17.1. The number of nitrogens with zero attached hydrogens (tertiary/aromatic N) is 3. The molecule has 1 aromatic heterocycles. The average Bonchev–Trinajstić information content (AvgIpc) is 3.27. The van der Waals surface area contributed by atoms with E-state index in [2.05, 4.69) is 29.8 Å². The van der Waals surface area contributed by atoms with E-state index in [1.165, 1.54) is 12.8 Å². The van der Waals surface area contributed by atoms with Crippen molar-refractivity contribution in [2.45, 2.75) is 44.6 Å². The number of pyridine rings is 1. The molecule has 2 unspecified atom stereocenters. The molecule has 4 nitrogen and oxygen atoms in total. The zero-order chi connectivity index (χ0) is 19.8. The van der Waals surface area contributed by atoms with Gasteiger partial charge in [-0.2, -0.15) is 5.26 Å². The Bertz CT molecular complexity index is 709. The molecule has 1 fully saturated rings. The third-order valence-electron chi connectivity index (χ3n) is 5.52. The third kappa shape index (κ3) is 4.79. The highest BCUT2D eigenvalue weighted by atomic mass is 16.5. The number of nitriles is 1. The topological polar surface area (TPSA) is 49.1 Å². The molecule has 0 spiro atoms. The summed E-state index contributed by atoms with van der Waals surface area (Å²) in [6, 6.07) is 18.8. The lowest BCUT2D eigenvalue weighted by Gasteiger charge is -2.35. The van der Waals surface area contributed by atoms with Crippen LogP contribution in [0.5, 0.6) is 0 Å². The summed E-state index contributed by atoms with van der Waals surface area (Å²) in [5.74, 6) is 0.505. The molecule has 0 amide bonds. The van der Waals surface area contributed by atoms with Crippen molar-refractivity contribution in [2.75, 3.05) is 26.3 Å². The van der Waals surface area contributed by atoms with Crippen molar-refractivity contribution in [3.05, 3.63) is 66.0 Å². The fraction of sp³-hybridized carbons (Fsp3) is 0.500. The van der Waals surface area contributed by atoms with Gasteiger partial charge in [-0.1, -0.05) is 50.2 Å². The van der Waals surface area contributed by atoms with Crippen LogP contribution in [0.2, 0.25) is 0 Å². The van der Waals surface area contributed by atoms with Crippen LogP contribution in [0.4, 0.5) is 0 Å². The van der Waals surface area contributed by atoms with Crippen molar-refractivity contribution in [2.24, 2.45) is 5.92 Å². The van der Waals surface area contributed by atoms with Gasteiger partial charge < -0.3 is 4.74 Å². The van der Waals surface area contributed by atoms with Gasteiger partial charge >= 0.3 is 0 Å². The smallest absolute Gasteiger partial charge is 0.126 e. The van der Waals surface area contributed by atoms with Gasteiger partial charge in [0.1, 0.15) is 5.41 Å². The quantitative estimate of drug-likeness (QED) is 0.649. The van der Waals surface area contributed by atoms with E-state index in [1.807, 2.05) is 48.5 Å². The van der Waals surface area contributed by atoms with Crippen LogP contribution in [0, 0.1) is 17.2 Å². The van der Waals surface area contributed by atoms with Gasteiger partial charge in [0.05, 0.1) is 18.4 Å². The number of aromatic nitrogens is 1. The highest BCUT2D eigenvalue weighted by Gasteiger charge is 2.40. The lowest BCUT2D eigenvalue weighted by atomic mass is 9.73. The highest BCUT2D eigenvalue weighted by molar-refractivity contribution is 5.43. The van der Waals surface area contributed by atoms with Gasteiger partial charge in [0, 0.05) is 18.8 Å². The number of ether oxygens (including phenoxy) is 1. The molecule has 1 saturated heterocycles. The first-order valence-corrected chi connectivity index (χ1v) is 10.4. The molecule has 2 aromatic rings. The van der Waals surface area contributed by atoms with Crippen LogP contribution in [0.3, 0.4) is 0 Å². The summed E-state index contributed by atoms with van der Waals surface area (Å²) in [7, 11) is 0. The van der Waals surface area contributed by atoms with E-state index >= 15 is 0 Å². The largest absolute Gasteiger partial charge is 0.380 e. The summed E-state index contributed by atoms with van der Waals surface area (Å²) in [6.07, 6.45) is 4.90. The molecule has 1 aliphatic heterocycles. The fourth-order valence-corrected chi connectivity index (χ4v) is 4.07. The molecular formula is C24H31N3O. The maximum atomic E-state index is 10.4. The molecule has 0 aliphatic carbocycles. The van der Waals surface area contributed by atoms with E-state index in [4.69, 9.17) is 4.74 Å². The number of benzene rings is 1. The molecule has 1 aromatic carbocycles. The summed E-state index contributed by atoms with van der Waals surface area (Å²) < 4.78 is 6.06. The van der Waals surface area contributed by atoms with Crippen molar-refractivity contribution in [3.63, 3.8) is 0 Å². The summed E-state index contributed by atoms with van der Waals surface area (Å²) >= 11 is 0. The second-order valence-electron chi connectivity index (χ2n) is 8.13. The lowest BCUT2D eigenvalue weighted by molar-refractivity contribution is 0.0470. The third-order valence-corrected chi connectivity index (χ3v) is 5.52. The molecule has 0 N–H and O–H groups in total. The Labute approximate surface area is 169 Å². The minimum atomic E-state index is -0.781. The van der Waals surface area contributed by atoms with Crippen LogP contribution in [0.15, 0.2) is 54.7 Å². The van der Waals surface area contributed by atoms with Gasteiger partial charge in [-0.05, 0) is 56.0 Å². The van der Waals surface area contributed by atoms with E-state index in [0.29, 0.717) is 18.9 Å². The predicted octanol–water partition coefficient (Wildman–Crippen LogP) is 4.42. The van der Waals surface area contributed by atoms with E-state index in [1.54, 1.807) is 6.20 Å². The van der Waals surface area contributed by atoms with Gasteiger partial charge in [0.15, 0.2) is 0 Å². The Morgan fingerprint density at radius 3 is 2.39 bits per heavy atom. The molecule has 1 aliphatic rings. The number of rotatable bonds is 9. The average molecular weight is 378 g/mol. The molecule has 0 radical (unpaired) electrons. The molecule has 3 rings (SSSR count). The van der Waals surface area contributed by atoms with Crippen LogP contribution in [0.25, 0.3) is 0 Å². The molecule has 2 heterocycles. The number of likely N-dealkylation sites (tertiary alicyclic amines) is 1. The number of hydrogen-bond donors (Lipinski definition) is 0. The van der Waals surface area contributed by atoms with Crippen LogP contribution >= 0.6 is 0 Å². The minimum absolute atomic E-state index is 0.197. The van der Waals surface area contributed by atoms with Crippen LogP contribution < -0.4 is 0 Å². The molecule has 2 atom stereocenters. The van der Waals surface area contributed by atoms with Gasteiger partial charge in [-0.25, -0.2) is 0 Å². The molecule has 4 heteroatoms. The van der Waals surface area contributed by atoms with E-state index in [-0.39, 0.29) is 6.04 Å². The molecule has 0 bridgehead atoms. The Morgan fingerprint density at radius 2 is 1.79 bits per heavy atom. The SMILES string of the molecule is CC(C)COCC(CC(C#N)(c1ccccc1)c1ccccn1)N1CCCC1. The van der Waals surface area contributed by atoms with Gasteiger partial charge in [0.25, 0.3) is 0 Å². The van der Waals surface area contributed by atoms with Crippen molar-refractivity contribution < 1.29 is 4.74 Å². The molecule has 28 heavy (non-hydrogen) atoms. The van der Waals surface area contributed by atoms with Crippen molar-refractivity contribution in [1.29, 1.82) is 5.26 Å². The minimum Gasteiger partial charge on any atom is -0.380 e. The summed E-state index contributed by atoms with van der Waals surface area (Å²) in [4.78, 5) is 7.10. The molecule has 0 saturated carbocycles. The van der Waals surface area contributed by atoms with E-state index in [0.717, 1.165) is 31.0 Å². The van der Waals surface area contributed by atoms with Crippen molar-refractivity contribution in [3.8, 4) is 6.07 Å². The fourth-order valence-electron chi connectivity index (χ4n) is 4.07. The Balaban J connectivity index is 1.95. The standard InChI is InChI=1S/C24H31N3O/c1-20(2)17-28-18-22(27-14-8-9-15-27)16-24(19-25,21-10-4-3-5-11-21)23-12-6-7-13-26-23/h3-7,10-13,20,22H,8-9,14-18H2,1-2H3. The van der Waals surface area contributed by atoms with Gasteiger partial charge in [-0.15, -0.1) is 0 Å². The maximum absolute atomic E-state index is 10.4. The normalized spacial score (nSPS) is 17.9. The van der Waals surface area contributed by atoms with Crippen LogP contribution in [-0.4, -0.2) is 42.2 Å². The predicted molar refractivity (Wildman–Crippen MR) is 112 cm³/mol. The van der Waals surface area contributed by atoms with Gasteiger partial charge in [0.2, 0.25) is 0 Å². The Kier molecular flexibility index (Phi) is 7.19. The second-order valence-corrected chi connectivity index (χ2v) is 8.13. The number of hydrogen-bond acceptors (Lipinski definition) is 4. The van der Waals surface area contributed by atoms with Gasteiger partial charge in [-0.3, -0.25) is 9.88 Å². The van der Waals surface area contributed by atoms with Crippen molar-refractivity contribution in [1.82, 2.24) is 9.88 Å². The second kappa shape index (κ2) is 9.82. The Hall–Kier alpha value is -2.22. The highest BCUT2D eigenvalue weighted by Crippen LogP contribution is 2.37. The monoisotopic (exact) mass is 377 g/mol. The lowest BCUT2D eigenvalue weighted by Crippen LogP contribution is -2.43. The first-order chi connectivity index (χ1) is 13.7. The molecular weight excluding hydrogens is 346 g/mol. The van der Waals surface area contributed by atoms with E-state index < -0.39 is 5.41 Å². The maximum Gasteiger partial charge on any atom is 0.126 e. The first kappa shape index (κ1) is 20.5. The summed E-state index contributed by atoms with van der Waals surface area (Å²) in [5.41, 5.74) is 1.04. The van der Waals surface area contributed by atoms with Crippen LogP contribution in [-0.2, 0) is 10.2 Å². The van der Waals surface area contributed by atoms with Crippen LogP contribution in [0.1, 0.15) is 44.4 Å². The van der Waals surface area contributed by atoms with E-state index in [9.17, 15) is 5.26 Å². The van der Waals surface area contributed by atoms with Crippen molar-refractivity contribution >= 4 is 0 Å².